The van der Waals surface area contributed by atoms with Crippen molar-refractivity contribution in [2.24, 2.45) is 0 Å². The Morgan fingerprint density at radius 3 is 1.11 bits per heavy atom. The molecule has 0 spiro atoms. The average Bonchev–Trinajstić information content (AvgIpc) is 2.70. The maximum absolute atomic E-state index is 13.5. The molecule has 0 radical (unpaired) electrons. The smallest absolute Gasteiger partial charge is 0.123 e. The second kappa shape index (κ2) is 10.3. The first-order valence-electron chi connectivity index (χ1n) is 7.82. The van der Waals surface area contributed by atoms with Gasteiger partial charge in [0, 0.05) is 0 Å². The van der Waals surface area contributed by atoms with Gasteiger partial charge >= 0.3 is 30.6 Å². The quantitative estimate of drug-likeness (QED) is 0.229. The summed E-state index contributed by atoms with van der Waals surface area (Å²) >= 11 is 5.35. The normalized spacial score (nSPS) is 11.2. The average molecular weight is 543 g/mol. The van der Waals surface area contributed by atoms with Gasteiger partial charge in [-0.25, -0.2) is 20.1 Å². The van der Waals surface area contributed by atoms with Crippen molar-refractivity contribution >= 4 is 36.6 Å². The Morgan fingerprint density at radius 2 is 0.889 bits per heavy atom. The Morgan fingerprint density at radius 1 is 0.630 bits per heavy atom. The van der Waals surface area contributed by atoms with Crippen LogP contribution in [0.5, 0.6) is 0 Å². The Kier molecular flexibility index (Phi) is 8.33. The summed E-state index contributed by atoms with van der Waals surface area (Å²) in [6.45, 7) is 3.82. The number of halogens is 4. The van der Waals surface area contributed by atoms with Gasteiger partial charge in [0.05, 0.1) is 23.2 Å². The second-order valence-corrected chi connectivity index (χ2v) is 8.83. The molecular weight excluding hydrogens is 527 g/mol. The molecule has 3 aromatic carbocycles. The summed E-state index contributed by atoms with van der Waals surface area (Å²) in [6.07, 6.45) is 1.68. The SMILES string of the molecule is [Br][Pd+].[CH2-]C=C[P+](c1ccc(F)cc1)(c1ccc(F)cc1)c1ccc(F)cc1. The van der Waals surface area contributed by atoms with E-state index in [-0.39, 0.29) is 17.5 Å². The molecule has 0 aliphatic rings. The maximum Gasteiger partial charge on any atom is 0.123 e. The van der Waals surface area contributed by atoms with Crippen molar-refractivity contribution in [3.05, 3.63) is 109 Å². The number of hydrogen-bond donors (Lipinski definition) is 0. The van der Waals surface area contributed by atoms with E-state index >= 15 is 0 Å². The fourth-order valence-electron chi connectivity index (χ4n) is 2.89. The van der Waals surface area contributed by atoms with E-state index in [1.54, 1.807) is 42.5 Å². The number of benzene rings is 3. The molecule has 3 rings (SSSR count). The molecule has 3 aromatic rings. The number of hydrogen-bond acceptors (Lipinski definition) is 0. The van der Waals surface area contributed by atoms with Crippen molar-refractivity contribution in [1.82, 2.24) is 0 Å². The van der Waals surface area contributed by atoms with Crippen LogP contribution in [0.3, 0.4) is 0 Å². The van der Waals surface area contributed by atoms with Crippen molar-refractivity contribution in [2.75, 3.05) is 0 Å². The van der Waals surface area contributed by atoms with E-state index in [2.05, 4.69) is 37.5 Å². The molecular formula is C21H16BrF3PPd+. The first-order chi connectivity index (χ1) is 13.1. The molecule has 0 fully saturated rings. The number of allylic oxidation sites excluding steroid dienone is 1. The zero-order valence-electron chi connectivity index (χ0n) is 14.1. The van der Waals surface area contributed by atoms with E-state index in [1.165, 1.54) is 36.4 Å². The molecule has 0 heterocycles. The minimum atomic E-state index is -2.36. The summed E-state index contributed by atoms with van der Waals surface area (Å²) < 4.78 is 40.4. The van der Waals surface area contributed by atoms with Gasteiger partial charge in [0.1, 0.15) is 17.5 Å². The summed E-state index contributed by atoms with van der Waals surface area (Å²) in [4.78, 5) is 0. The van der Waals surface area contributed by atoms with Crippen LogP contribution in [0, 0.1) is 24.4 Å². The van der Waals surface area contributed by atoms with Gasteiger partial charge < -0.3 is 0 Å². The fraction of sp³-hybridized carbons (Fsp3) is 0. The molecule has 0 saturated carbocycles. The second-order valence-electron chi connectivity index (χ2n) is 5.54. The molecule has 0 atom stereocenters. The van der Waals surface area contributed by atoms with Crippen LogP contribution >= 0.6 is 20.7 Å². The van der Waals surface area contributed by atoms with Gasteiger partial charge in [-0.05, 0) is 72.8 Å². The van der Waals surface area contributed by atoms with Crippen LogP contribution in [-0.4, -0.2) is 0 Å². The van der Waals surface area contributed by atoms with Crippen molar-refractivity contribution < 1.29 is 30.4 Å². The molecule has 0 amide bonds. The van der Waals surface area contributed by atoms with Gasteiger partial charge in [-0.3, -0.25) is 0 Å². The van der Waals surface area contributed by atoms with Gasteiger partial charge in [-0.1, -0.05) is 5.82 Å². The largest absolute Gasteiger partial charge is 0.242 e. The monoisotopic (exact) mass is 541 g/mol. The van der Waals surface area contributed by atoms with Crippen molar-refractivity contribution in [3.8, 4) is 0 Å². The van der Waals surface area contributed by atoms with Gasteiger partial charge in [0.15, 0.2) is 0 Å². The molecule has 0 nitrogen and oxygen atoms in total. The molecule has 0 N–H and O–H groups in total. The molecule has 0 aromatic heterocycles. The molecule has 27 heavy (non-hydrogen) atoms. The van der Waals surface area contributed by atoms with E-state index in [0.29, 0.717) is 0 Å². The van der Waals surface area contributed by atoms with Gasteiger partial charge in [0.25, 0.3) is 0 Å². The summed E-state index contributed by atoms with van der Waals surface area (Å²) in [5.74, 6) is 0.955. The Hall–Kier alpha value is -1.37. The third kappa shape index (κ3) is 4.92. The third-order valence-electron chi connectivity index (χ3n) is 4.03. The Labute approximate surface area is 175 Å². The van der Waals surface area contributed by atoms with Crippen molar-refractivity contribution in [3.63, 3.8) is 0 Å². The van der Waals surface area contributed by atoms with Crippen molar-refractivity contribution in [1.29, 1.82) is 0 Å². The molecule has 0 aliphatic heterocycles. The standard InChI is InChI=1S/C21H16F3P.BrH.Pd/c1-2-15-25(19-9-3-16(22)4-10-19,20-11-5-17(23)6-12-20)21-13-7-18(24)8-14-21;;/h2-15H,1H2;1H;/q;;+2/p-1. The minimum absolute atomic E-state index is 0.335. The summed E-state index contributed by atoms with van der Waals surface area (Å²) in [5.41, 5.74) is 0. The van der Waals surface area contributed by atoms with Crippen LogP contribution in [0.2, 0.25) is 0 Å². The summed E-state index contributed by atoms with van der Waals surface area (Å²) in [7, 11) is -2.36. The molecule has 6 heteroatoms. The minimum Gasteiger partial charge on any atom is -0.242 e. The summed E-state index contributed by atoms with van der Waals surface area (Å²) in [6, 6.07) is 18.7. The molecule has 0 saturated heterocycles. The van der Waals surface area contributed by atoms with Crippen LogP contribution in [-0.2, 0) is 17.2 Å². The summed E-state index contributed by atoms with van der Waals surface area (Å²) in [5, 5.41) is 2.64. The fourth-order valence-corrected chi connectivity index (χ4v) is 6.48. The first-order valence-corrected chi connectivity index (χ1v) is 13.2. The zero-order valence-corrected chi connectivity index (χ0v) is 18.1. The van der Waals surface area contributed by atoms with Crippen molar-refractivity contribution in [2.45, 2.75) is 0 Å². The van der Waals surface area contributed by atoms with Crippen LogP contribution in [0.1, 0.15) is 0 Å². The van der Waals surface area contributed by atoms with Gasteiger partial charge in [-0.15, -0.1) is 0 Å². The van der Waals surface area contributed by atoms with E-state index in [9.17, 15) is 13.2 Å². The Balaban J connectivity index is 0.00000126. The molecule has 142 valence electrons. The van der Waals surface area contributed by atoms with Crippen LogP contribution in [0.4, 0.5) is 13.2 Å². The third-order valence-corrected chi connectivity index (χ3v) is 8.03. The molecule has 0 unspecified atom stereocenters. The first kappa shape index (κ1) is 21.9. The van der Waals surface area contributed by atoms with E-state index in [1.807, 2.05) is 5.82 Å². The molecule has 0 aliphatic carbocycles. The van der Waals surface area contributed by atoms with Gasteiger partial charge in [-0.2, -0.15) is 6.08 Å². The van der Waals surface area contributed by atoms with E-state index in [4.69, 9.17) is 0 Å². The van der Waals surface area contributed by atoms with Crippen LogP contribution in [0.25, 0.3) is 0 Å². The number of rotatable bonds is 4. The van der Waals surface area contributed by atoms with Crippen LogP contribution < -0.4 is 15.9 Å². The van der Waals surface area contributed by atoms with Gasteiger partial charge in [0.2, 0.25) is 0 Å². The molecule has 0 bridgehead atoms. The Bertz CT molecular complexity index is 768. The van der Waals surface area contributed by atoms with E-state index in [0.717, 1.165) is 15.9 Å². The predicted octanol–water partition coefficient (Wildman–Crippen LogP) is 5.59. The predicted molar refractivity (Wildman–Crippen MR) is 108 cm³/mol. The zero-order chi connectivity index (χ0) is 19.9. The van der Waals surface area contributed by atoms with Crippen LogP contribution in [0.15, 0.2) is 84.7 Å². The topological polar surface area (TPSA) is 0 Å². The maximum atomic E-state index is 13.5. The van der Waals surface area contributed by atoms with E-state index < -0.39 is 7.26 Å².